The maximum atomic E-state index is 9.56. The van der Waals surface area contributed by atoms with Gasteiger partial charge in [-0.2, -0.15) is 0 Å². The molecular weight excluding hydrogens is 308 g/mol. The third-order valence-corrected chi connectivity index (χ3v) is 5.37. The molecule has 0 saturated heterocycles. The Morgan fingerprint density at radius 2 is 1.32 bits per heavy atom. The minimum Gasteiger partial charge on any atom is -0.508 e. The van der Waals surface area contributed by atoms with Crippen molar-refractivity contribution in [3.8, 4) is 22.6 Å². The number of phenols is 2. The first-order valence-corrected chi connectivity index (χ1v) is 8.67. The summed E-state index contributed by atoms with van der Waals surface area (Å²) in [6.45, 7) is 4.60. The second-order valence-corrected chi connectivity index (χ2v) is 7.58. The maximum Gasteiger partial charge on any atom is 0.115 e. The molecule has 25 heavy (non-hydrogen) atoms. The normalized spacial score (nSPS) is 18.1. The number of hydrogen-bond acceptors (Lipinski definition) is 2. The van der Waals surface area contributed by atoms with Crippen LogP contribution in [-0.2, 0) is 5.41 Å². The van der Waals surface area contributed by atoms with E-state index < -0.39 is 0 Å². The third-order valence-electron chi connectivity index (χ3n) is 5.37. The van der Waals surface area contributed by atoms with Crippen molar-refractivity contribution in [2.75, 3.05) is 0 Å². The summed E-state index contributed by atoms with van der Waals surface area (Å²) in [5.74, 6) is 0.959. The van der Waals surface area contributed by atoms with E-state index in [0.717, 1.165) is 12.0 Å². The van der Waals surface area contributed by atoms with Crippen LogP contribution in [0.25, 0.3) is 11.1 Å². The second-order valence-electron chi connectivity index (χ2n) is 7.58. The zero-order valence-electron chi connectivity index (χ0n) is 14.5. The topological polar surface area (TPSA) is 40.5 Å². The molecule has 0 aromatic heterocycles. The van der Waals surface area contributed by atoms with E-state index in [1.54, 1.807) is 24.3 Å². The zero-order valence-corrected chi connectivity index (χ0v) is 14.5. The Kier molecular flexibility index (Phi) is 3.57. The number of rotatable bonds is 2. The zero-order chi connectivity index (χ0) is 17.6. The monoisotopic (exact) mass is 330 g/mol. The van der Waals surface area contributed by atoms with Gasteiger partial charge >= 0.3 is 0 Å². The van der Waals surface area contributed by atoms with Gasteiger partial charge in [0, 0.05) is 5.92 Å². The van der Waals surface area contributed by atoms with E-state index in [1.165, 1.54) is 22.3 Å². The van der Waals surface area contributed by atoms with Gasteiger partial charge < -0.3 is 10.2 Å². The van der Waals surface area contributed by atoms with Crippen LogP contribution in [0.4, 0.5) is 0 Å². The molecule has 2 N–H and O–H groups in total. The molecule has 0 fully saturated rings. The highest BCUT2D eigenvalue weighted by molar-refractivity contribution is 5.67. The van der Waals surface area contributed by atoms with Crippen molar-refractivity contribution in [2.45, 2.75) is 31.6 Å². The largest absolute Gasteiger partial charge is 0.508 e. The van der Waals surface area contributed by atoms with Crippen LogP contribution in [0.2, 0.25) is 0 Å². The molecule has 126 valence electrons. The van der Waals surface area contributed by atoms with Crippen LogP contribution in [0, 0.1) is 0 Å². The standard InChI is InChI=1S/C23H22O2/c1-23(2)14-21(16-5-10-19(25)11-6-16)20-12-7-17(13-22(20)23)15-3-8-18(24)9-4-15/h3-13,21,24-25H,14H2,1-2H3. The molecule has 0 aliphatic heterocycles. The fourth-order valence-electron chi connectivity index (χ4n) is 4.01. The van der Waals surface area contributed by atoms with Gasteiger partial charge in [0.1, 0.15) is 11.5 Å². The third kappa shape index (κ3) is 2.78. The fraction of sp³-hybridized carbons (Fsp3) is 0.217. The maximum absolute atomic E-state index is 9.56. The molecule has 3 aromatic rings. The second kappa shape index (κ2) is 5.66. The van der Waals surface area contributed by atoms with E-state index in [4.69, 9.17) is 0 Å². The first kappa shape index (κ1) is 15.8. The smallest absolute Gasteiger partial charge is 0.115 e. The summed E-state index contributed by atoms with van der Waals surface area (Å²) in [5.41, 5.74) is 6.41. The lowest BCUT2D eigenvalue weighted by Gasteiger charge is -2.20. The lowest BCUT2D eigenvalue weighted by atomic mass is 9.84. The van der Waals surface area contributed by atoms with Crippen LogP contribution in [-0.4, -0.2) is 10.2 Å². The molecule has 0 radical (unpaired) electrons. The summed E-state index contributed by atoms with van der Waals surface area (Å²) in [6, 6.07) is 21.7. The lowest BCUT2D eigenvalue weighted by molar-refractivity contribution is 0.473. The van der Waals surface area contributed by atoms with Crippen molar-refractivity contribution in [3.63, 3.8) is 0 Å². The van der Waals surface area contributed by atoms with Crippen molar-refractivity contribution in [1.82, 2.24) is 0 Å². The molecule has 1 atom stereocenters. The first-order chi connectivity index (χ1) is 11.9. The van der Waals surface area contributed by atoms with Gasteiger partial charge in [-0.1, -0.05) is 56.3 Å². The predicted molar refractivity (Wildman–Crippen MR) is 101 cm³/mol. The fourth-order valence-corrected chi connectivity index (χ4v) is 4.01. The molecule has 0 spiro atoms. The molecule has 3 aromatic carbocycles. The Labute approximate surface area is 148 Å². The summed E-state index contributed by atoms with van der Waals surface area (Å²) < 4.78 is 0. The summed E-state index contributed by atoms with van der Waals surface area (Å²) in [7, 11) is 0. The van der Waals surface area contributed by atoms with Gasteiger partial charge in [-0.15, -0.1) is 0 Å². The van der Waals surface area contributed by atoms with E-state index in [0.29, 0.717) is 11.7 Å². The number of hydrogen-bond donors (Lipinski definition) is 2. The highest BCUT2D eigenvalue weighted by Gasteiger charge is 2.37. The molecule has 0 amide bonds. The first-order valence-electron chi connectivity index (χ1n) is 8.67. The number of benzene rings is 3. The van der Waals surface area contributed by atoms with E-state index in [1.807, 2.05) is 24.3 Å². The van der Waals surface area contributed by atoms with Gasteiger partial charge in [-0.25, -0.2) is 0 Å². The Bertz CT molecular complexity index is 906. The average molecular weight is 330 g/mol. The van der Waals surface area contributed by atoms with Gasteiger partial charge in [0.05, 0.1) is 0 Å². The van der Waals surface area contributed by atoms with Crippen LogP contribution >= 0.6 is 0 Å². The SMILES string of the molecule is CC1(C)CC(c2ccc(O)cc2)c2ccc(-c3ccc(O)cc3)cc21. The summed E-state index contributed by atoms with van der Waals surface area (Å²) >= 11 is 0. The van der Waals surface area contributed by atoms with Crippen molar-refractivity contribution >= 4 is 0 Å². The summed E-state index contributed by atoms with van der Waals surface area (Å²) in [4.78, 5) is 0. The minimum absolute atomic E-state index is 0.102. The molecule has 0 bridgehead atoms. The Balaban J connectivity index is 1.78. The van der Waals surface area contributed by atoms with E-state index >= 15 is 0 Å². The molecule has 1 aliphatic carbocycles. The van der Waals surface area contributed by atoms with Crippen molar-refractivity contribution < 1.29 is 10.2 Å². The molecule has 2 nitrogen and oxygen atoms in total. The minimum atomic E-state index is 0.102. The van der Waals surface area contributed by atoms with Gasteiger partial charge in [0.2, 0.25) is 0 Å². The predicted octanol–water partition coefficient (Wildman–Crippen LogP) is 5.58. The molecule has 4 rings (SSSR count). The Hall–Kier alpha value is -2.74. The molecule has 2 heteroatoms. The van der Waals surface area contributed by atoms with Crippen LogP contribution in [0.5, 0.6) is 11.5 Å². The van der Waals surface area contributed by atoms with Crippen LogP contribution in [0.1, 0.15) is 42.9 Å². The number of phenolic OH excluding ortho intramolecular Hbond substituents is 2. The molecular formula is C23H22O2. The van der Waals surface area contributed by atoms with E-state index in [9.17, 15) is 10.2 Å². The van der Waals surface area contributed by atoms with Crippen LogP contribution < -0.4 is 0 Å². The van der Waals surface area contributed by atoms with Gasteiger partial charge in [0.25, 0.3) is 0 Å². The van der Waals surface area contributed by atoms with E-state index in [-0.39, 0.29) is 11.2 Å². The van der Waals surface area contributed by atoms with Crippen LogP contribution in [0.3, 0.4) is 0 Å². The van der Waals surface area contributed by atoms with Crippen molar-refractivity contribution in [3.05, 3.63) is 83.4 Å². The quantitative estimate of drug-likeness (QED) is 0.644. The summed E-state index contributed by atoms with van der Waals surface area (Å²) in [6.07, 6.45) is 1.06. The van der Waals surface area contributed by atoms with Crippen molar-refractivity contribution in [2.24, 2.45) is 0 Å². The van der Waals surface area contributed by atoms with E-state index in [2.05, 4.69) is 32.0 Å². The number of fused-ring (bicyclic) bond motifs is 1. The Morgan fingerprint density at radius 1 is 0.760 bits per heavy atom. The molecule has 0 heterocycles. The van der Waals surface area contributed by atoms with Gasteiger partial charge in [-0.05, 0) is 63.9 Å². The Morgan fingerprint density at radius 3 is 1.96 bits per heavy atom. The van der Waals surface area contributed by atoms with Gasteiger partial charge in [0.15, 0.2) is 0 Å². The highest BCUT2D eigenvalue weighted by Crippen LogP contribution is 2.49. The lowest BCUT2D eigenvalue weighted by Crippen LogP contribution is -2.12. The number of aromatic hydroxyl groups is 2. The molecule has 0 saturated carbocycles. The summed E-state index contributed by atoms with van der Waals surface area (Å²) in [5, 5.41) is 19.1. The van der Waals surface area contributed by atoms with Gasteiger partial charge in [-0.3, -0.25) is 0 Å². The van der Waals surface area contributed by atoms with Crippen LogP contribution in [0.15, 0.2) is 66.7 Å². The van der Waals surface area contributed by atoms with Crippen molar-refractivity contribution in [1.29, 1.82) is 0 Å². The molecule has 1 aliphatic rings. The highest BCUT2D eigenvalue weighted by atomic mass is 16.3. The molecule has 1 unspecified atom stereocenters. The average Bonchev–Trinajstić information content (AvgIpc) is 2.87.